The third kappa shape index (κ3) is 14.2. The first-order chi connectivity index (χ1) is 7.56. The van der Waals surface area contributed by atoms with Gasteiger partial charge in [0.1, 0.15) is 0 Å². The standard InChI is InChI=1S/C11H25NO3S/c1-11(2,3)12-16-10-9-15-8-7-14-6-5-13-4/h12H,5-10H2,1-4H3. The SMILES string of the molecule is COCCOCCOCCSNC(C)(C)C. The lowest BCUT2D eigenvalue weighted by Gasteiger charge is -2.19. The molecule has 0 spiro atoms. The van der Waals surface area contributed by atoms with Crippen molar-refractivity contribution in [2.45, 2.75) is 26.3 Å². The van der Waals surface area contributed by atoms with E-state index < -0.39 is 0 Å². The van der Waals surface area contributed by atoms with Crippen LogP contribution >= 0.6 is 11.9 Å². The lowest BCUT2D eigenvalue weighted by atomic mass is 10.1. The van der Waals surface area contributed by atoms with Crippen molar-refractivity contribution in [1.29, 1.82) is 0 Å². The van der Waals surface area contributed by atoms with E-state index in [2.05, 4.69) is 25.5 Å². The Hall–Kier alpha value is 0.190. The Balaban J connectivity index is 2.99. The van der Waals surface area contributed by atoms with Crippen molar-refractivity contribution < 1.29 is 14.2 Å². The van der Waals surface area contributed by atoms with Crippen LogP contribution in [0.3, 0.4) is 0 Å². The first-order valence-corrected chi connectivity index (χ1v) is 6.58. The Labute approximate surface area is 104 Å². The second kappa shape index (κ2) is 10.4. The van der Waals surface area contributed by atoms with E-state index in [1.54, 1.807) is 19.1 Å². The molecule has 5 heteroatoms. The maximum absolute atomic E-state index is 5.40. The number of hydrogen-bond donors (Lipinski definition) is 1. The smallest absolute Gasteiger partial charge is 0.0701 e. The van der Waals surface area contributed by atoms with Crippen LogP contribution < -0.4 is 4.72 Å². The minimum atomic E-state index is 0.161. The van der Waals surface area contributed by atoms with E-state index >= 15 is 0 Å². The van der Waals surface area contributed by atoms with Crippen molar-refractivity contribution >= 4 is 11.9 Å². The van der Waals surface area contributed by atoms with E-state index in [-0.39, 0.29) is 5.54 Å². The lowest BCUT2D eigenvalue weighted by Crippen LogP contribution is -2.30. The third-order valence-corrected chi connectivity index (χ3v) is 2.64. The van der Waals surface area contributed by atoms with Crippen LogP contribution in [-0.2, 0) is 14.2 Å². The van der Waals surface area contributed by atoms with E-state index in [0.717, 1.165) is 12.4 Å². The number of ether oxygens (including phenoxy) is 3. The zero-order chi connectivity index (χ0) is 12.3. The molecule has 98 valence electrons. The van der Waals surface area contributed by atoms with Crippen molar-refractivity contribution in [3.8, 4) is 0 Å². The van der Waals surface area contributed by atoms with Gasteiger partial charge in [-0.15, -0.1) is 0 Å². The molecule has 0 aromatic rings. The molecule has 0 atom stereocenters. The second-order valence-electron chi connectivity index (χ2n) is 4.42. The van der Waals surface area contributed by atoms with E-state index in [1.165, 1.54) is 0 Å². The first kappa shape index (κ1) is 16.2. The summed E-state index contributed by atoms with van der Waals surface area (Å²) < 4.78 is 18.8. The number of rotatable bonds is 10. The van der Waals surface area contributed by atoms with E-state index in [4.69, 9.17) is 14.2 Å². The van der Waals surface area contributed by atoms with Crippen LogP contribution in [0.1, 0.15) is 20.8 Å². The van der Waals surface area contributed by atoms with Crippen molar-refractivity contribution in [2.75, 3.05) is 45.9 Å². The molecular formula is C11H25NO3S. The molecule has 0 saturated heterocycles. The fourth-order valence-corrected chi connectivity index (χ4v) is 1.57. The summed E-state index contributed by atoms with van der Waals surface area (Å²) in [7, 11) is 1.67. The van der Waals surface area contributed by atoms with Gasteiger partial charge < -0.3 is 14.2 Å². The molecule has 0 rings (SSSR count). The summed E-state index contributed by atoms with van der Waals surface area (Å²) in [6.07, 6.45) is 0. The van der Waals surface area contributed by atoms with Crippen LogP contribution in [0.15, 0.2) is 0 Å². The molecule has 0 heterocycles. The Morgan fingerprint density at radius 3 is 2.06 bits per heavy atom. The molecule has 0 radical (unpaired) electrons. The predicted molar refractivity (Wildman–Crippen MR) is 68.9 cm³/mol. The highest BCUT2D eigenvalue weighted by molar-refractivity contribution is 7.97. The van der Waals surface area contributed by atoms with Gasteiger partial charge in [-0.05, 0) is 20.8 Å². The van der Waals surface area contributed by atoms with Crippen LogP contribution in [0.4, 0.5) is 0 Å². The monoisotopic (exact) mass is 251 g/mol. The van der Waals surface area contributed by atoms with Gasteiger partial charge in [0.2, 0.25) is 0 Å². The van der Waals surface area contributed by atoms with Gasteiger partial charge in [0, 0.05) is 18.4 Å². The minimum absolute atomic E-state index is 0.161. The average molecular weight is 251 g/mol. The van der Waals surface area contributed by atoms with Crippen LogP contribution in [0.25, 0.3) is 0 Å². The summed E-state index contributed by atoms with van der Waals surface area (Å²) >= 11 is 1.70. The molecule has 0 aliphatic carbocycles. The number of methoxy groups -OCH3 is 1. The molecule has 0 bridgehead atoms. The molecule has 0 aliphatic heterocycles. The molecule has 0 amide bonds. The summed E-state index contributed by atoms with van der Waals surface area (Å²) in [5.74, 6) is 0.954. The summed E-state index contributed by atoms with van der Waals surface area (Å²) in [6.45, 7) is 9.76. The van der Waals surface area contributed by atoms with Gasteiger partial charge in [-0.3, -0.25) is 4.72 Å². The fourth-order valence-electron chi connectivity index (χ4n) is 0.832. The molecule has 0 unspecified atom stereocenters. The second-order valence-corrected chi connectivity index (χ2v) is 5.32. The largest absolute Gasteiger partial charge is 0.382 e. The van der Waals surface area contributed by atoms with E-state index in [0.29, 0.717) is 26.4 Å². The summed E-state index contributed by atoms with van der Waals surface area (Å²) in [5, 5.41) is 0. The molecule has 16 heavy (non-hydrogen) atoms. The summed E-state index contributed by atoms with van der Waals surface area (Å²) in [6, 6.07) is 0. The Morgan fingerprint density at radius 2 is 1.50 bits per heavy atom. The Bertz CT molecular complexity index is 151. The molecule has 0 aromatic heterocycles. The van der Waals surface area contributed by atoms with Crippen LogP contribution in [0.2, 0.25) is 0 Å². The predicted octanol–water partition coefficient (Wildman–Crippen LogP) is 1.70. The highest BCUT2D eigenvalue weighted by atomic mass is 32.2. The maximum Gasteiger partial charge on any atom is 0.0701 e. The Kier molecular flexibility index (Phi) is 10.5. The Morgan fingerprint density at radius 1 is 0.938 bits per heavy atom. The van der Waals surface area contributed by atoms with E-state index in [1.807, 2.05) is 0 Å². The minimum Gasteiger partial charge on any atom is -0.382 e. The van der Waals surface area contributed by atoms with Crippen molar-refractivity contribution in [3.63, 3.8) is 0 Å². The van der Waals surface area contributed by atoms with Gasteiger partial charge in [0.15, 0.2) is 0 Å². The summed E-state index contributed by atoms with van der Waals surface area (Å²) in [4.78, 5) is 0. The number of nitrogens with one attached hydrogen (secondary N) is 1. The lowest BCUT2D eigenvalue weighted by molar-refractivity contribution is 0.0286. The van der Waals surface area contributed by atoms with Gasteiger partial charge in [-0.1, -0.05) is 11.9 Å². The zero-order valence-electron chi connectivity index (χ0n) is 10.9. The first-order valence-electron chi connectivity index (χ1n) is 5.59. The van der Waals surface area contributed by atoms with Gasteiger partial charge in [-0.25, -0.2) is 0 Å². The zero-order valence-corrected chi connectivity index (χ0v) is 11.7. The van der Waals surface area contributed by atoms with Crippen LogP contribution in [0.5, 0.6) is 0 Å². The van der Waals surface area contributed by atoms with Crippen LogP contribution in [-0.4, -0.2) is 51.4 Å². The van der Waals surface area contributed by atoms with Crippen molar-refractivity contribution in [2.24, 2.45) is 0 Å². The van der Waals surface area contributed by atoms with Gasteiger partial charge in [-0.2, -0.15) is 0 Å². The van der Waals surface area contributed by atoms with Gasteiger partial charge in [0.05, 0.1) is 33.0 Å². The van der Waals surface area contributed by atoms with E-state index in [9.17, 15) is 0 Å². The molecule has 1 N–H and O–H groups in total. The highest BCUT2D eigenvalue weighted by Crippen LogP contribution is 2.05. The van der Waals surface area contributed by atoms with Crippen molar-refractivity contribution in [1.82, 2.24) is 4.72 Å². The normalized spacial score (nSPS) is 12.0. The molecule has 4 nitrogen and oxygen atoms in total. The quantitative estimate of drug-likeness (QED) is 0.473. The molecule has 0 fully saturated rings. The van der Waals surface area contributed by atoms with Crippen molar-refractivity contribution in [3.05, 3.63) is 0 Å². The number of hydrogen-bond acceptors (Lipinski definition) is 5. The molecule has 0 saturated carbocycles. The van der Waals surface area contributed by atoms with Crippen LogP contribution in [0, 0.1) is 0 Å². The summed E-state index contributed by atoms with van der Waals surface area (Å²) in [5.41, 5.74) is 0.161. The third-order valence-electron chi connectivity index (χ3n) is 1.51. The average Bonchev–Trinajstić information content (AvgIpc) is 2.19. The highest BCUT2D eigenvalue weighted by Gasteiger charge is 2.07. The molecule has 0 aromatic carbocycles. The van der Waals surface area contributed by atoms with Gasteiger partial charge >= 0.3 is 0 Å². The van der Waals surface area contributed by atoms with Gasteiger partial charge in [0.25, 0.3) is 0 Å². The molecular weight excluding hydrogens is 226 g/mol. The topological polar surface area (TPSA) is 39.7 Å². The fraction of sp³-hybridized carbons (Fsp3) is 1.00. The molecule has 0 aliphatic rings. The maximum atomic E-state index is 5.40.